The maximum absolute atomic E-state index is 12.3. The average molecular weight is 380 g/mol. The Hall–Kier alpha value is -2.03. The van der Waals surface area contributed by atoms with Crippen LogP contribution < -0.4 is 10.0 Å². The fourth-order valence-corrected chi connectivity index (χ4v) is 4.07. The van der Waals surface area contributed by atoms with E-state index >= 15 is 0 Å². The van der Waals surface area contributed by atoms with Crippen molar-refractivity contribution in [2.75, 3.05) is 0 Å². The van der Waals surface area contributed by atoms with E-state index in [1.807, 2.05) is 6.07 Å². The molecule has 2 aromatic rings. The van der Waals surface area contributed by atoms with Gasteiger partial charge in [-0.05, 0) is 37.1 Å². The average Bonchev–Trinajstić information content (AvgIpc) is 2.52. The lowest BCUT2D eigenvalue weighted by atomic mass is 10.1. The molecular weight excluding hydrogens is 358 g/mol. The number of sulfonamides is 1. The minimum atomic E-state index is -3.44. The molecule has 0 radical (unpaired) electrons. The molecule has 0 bridgehead atoms. The molecule has 0 fully saturated rings. The van der Waals surface area contributed by atoms with Crippen molar-refractivity contribution in [1.29, 1.82) is 0 Å². The predicted octanol–water partition coefficient (Wildman–Crippen LogP) is 2.50. The zero-order valence-corrected chi connectivity index (χ0v) is 15.7. The molecule has 0 aliphatic rings. The number of amides is 1. The lowest BCUT2D eigenvalue weighted by Crippen LogP contribution is -2.32. The number of nitrogens with one attached hydrogen (secondary N) is 3. The highest BCUT2D eigenvalue weighted by atomic mass is 32.2. The summed E-state index contributed by atoms with van der Waals surface area (Å²) in [5, 5.41) is 2.78. The summed E-state index contributed by atoms with van der Waals surface area (Å²) in [7, 11) is -3.44. The largest absolute Gasteiger partial charge is 0.352 e. The Kier molecular flexibility index (Phi) is 6.46. The minimum absolute atomic E-state index is 0.136. The van der Waals surface area contributed by atoms with Gasteiger partial charge in [-0.25, -0.2) is 13.1 Å². The second kappa shape index (κ2) is 8.37. The number of carbonyl (C=O) groups excluding carboxylic acids is 1. The summed E-state index contributed by atoms with van der Waals surface area (Å²) in [5.74, 6) is -0.442. The molecule has 8 heteroatoms. The van der Waals surface area contributed by atoms with Crippen LogP contribution in [0.5, 0.6) is 0 Å². The van der Waals surface area contributed by atoms with Gasteiger partial charge in [0, 0.05) is 18.8 Å². The SMILES string of the molecule is CC(C)NS(=O)(=O)Cc1ccccc1CNC(=O)c1ccc[nH]c1=S. The molecule has 0 atom stereocenters. The van der Waals surface area contributed by atoms with Gasteiger partial charge in [0.05, 0.1) is 11.3 Å². The molecule has 2 rings (SSSR count). The molecule has 1 aromatic heterocycles. The number of hydrogen-bond acceptors (Lipinski definition) is 4. The van der Waals surface area contributed by atoms with Crippen LogP contribution >= 0.6 is 12.2 Å². The third-order valence-corrected chi connectivity index (χ3v) is 5.24. The van der Waals surface area contributed by atoms with Crippen molar-refractivity contribution in [2.24, 2.45) is 0 Å². The first-order valence-electron chi connectivity index (χ1n) is 7.81. The number of hydrogen-bond donors (Lipinski definition) is 3. The van der Waals surface area contributed by atoms with Crippen LogP contribution in [-0.4, -0.2) is 25.4 Å². The zero-order valence-electron chi connectivity index (χ0n) is 14.1. The van der Waals surface area contributed by atoms with E-state index in [2.05, 4.69) is 15.0 Å². The molecule has 1 aromatic carbocycles. The highest BCUT2D eigenvalue weighted by Crippen LogP contribution is 2.13. The lowest BCUT2D eigenvalue weighted by Gasteiger charge is -2.13. The van der Waals surface area contributed by atoms with Gasteiger partial charge in [-0.2, -0.15) is 0 Å². The Morgan fingerprint density at radius 1 is 1.16 bits per heavy atom. The summed E-state index contributed by atoms with van der Waals surface area (Å²) in [6.07, 6.45) is 1.65. The smallest absolute Gasteiger partial charge is 0.254 e. The number of benzene rings is 1. The molecule has 0 unspecified atom stereocenters. The van der Waals surface area contributed by atoms with Crippen molar-refractivity contribution in [3.63, 3.8) is 0 Å². The number of rotatable bonds is 7. The van der Waals surface area contributed by atoms with E-state index in [0.717, 1.165) is 5.56 Å². The van der Waals surface area contributed by atoms with Crippen molar-refractivity contribution in [3.8, 4) is 0 Å². The molecule has 0 aliphatic carbocycles. The van der Waals surface area contributed by atoms with Crippen LogP contribution in [0.15, 0.2) is 42.6 Å². The second-order valence-electron chi connectivity index (χ2n) is 5.90. The second-order valence-corrected chi connectivity index (χ2v) is 8.06. The van der Waals surface area contributed by atoms with Crippen LogP contribution in [-0.2, 0) is 22.3 Å². The lowest BCUT2D eigenvalue weighted by molar-refractivity contribution is 0.0950. The Morgan fingerprint density at radius 2 is 1.84 bits per heavy atom. The Balaban J connectivity index is 2.12. The predicted molar refractivity (Wildman–Crippen MR) is 100 cm³/mol. The number of carbonyl (C=O) groups is 1. The summed E-state index contributed by atoms with van der Waals surface area (Å²) >= 11 is 5.09. The summed E-state index contributed by atoms with van der Waals surface area (Å²) in [6.45, 7) is 3.76. The third kappa shape index (κ3) is 5.77. The molecule has 0 spiro atoms. The summed E-state index contributed by atoms with van der Waals surface area (Å²) in [4.78, 5) is 15.1. The van der Waals surface area contributed by atoms with Gasteiger partial charge in [-0.1, -0.05) is 36.5 Å². The fourth-order valence-electron chi connectivity index (χ4n) is 2.35. The maximum Gasteiger partial charge on any atom is 0.254 e. The zero-order chi connectivity index (χ0) is 18.4. The normalized spacial score (nSPS) is 11.5. The molecule has 0 aliphatic heterocycles. The van der Waals surface area contributed by atoms with Gasteiger partial charge in [0.2, 0.25) is 10.0 Å². The van der Waals surface area contributed by atoms with Gasteiger partial charge in [0.15, 0.2) is 0 Å². The van der Waals surface area contributed by atoms with Gasteiger partial charge in [0.1, 0.15) is 4.64 Å². The number of H-pyrrole nitrogens is 1. The molecule has 0 saturated carbocycles. The molecule has 1 heterocycles. The van der Waals surface area contributed by atoms with Gasteiger partial charge in [-0.15, -0.1) is 0 Å². The first kappa shape index (κ1) is 19.3. The Bertz CT molecular complexity index is 905. The Labute approximate surface area is 152 Å². The van der Waals surface area contributed by atoms with Crippen LogP contribution in [0, 0.1) is 4.64 Å². The molecule has 1 amide bonds. The van der Waals surface area contributed by atoms with E-state index in [1.54, 1.807) is 50.4 Å². The van der Waals surface area contributed by atoms with E-state index in [1.165, 1.54) is 0 Å². The highest BCUT2D eigenvalue weighted by molar-refractivity contribution is 7.88. The van der Waals surface area contributed by atoms with Crippen molar-refractivity contribution < 1.29 is 13.2 Å². The van der Waals surface area contributed by atoms with Crippen molar-refractivity contribution in [1.82, 2.24) is 15.0 Å². The van der Waals surface area contributed by atoms with Crippen LogP contribution in [0.3, 0.4) is 0 Å². The van der Waals surface area contributed by atoms with E-state index in [9.17, 15) is 13.2 Å². The number of aromatic amines is 1. The molecular formula is C17H21N3O3S2. The topological polar surface area (TPSA) is 91.1 Å². The van der Waals surface area contributed by atoms with Crippen molar-refractivity contribution >= 4 is 28.1 Å². The van der Waals surface area contributed by atoms with Gasteiger partial charge in [-0.3, -0.25) is 4.79 Å². The van der Waals surface area contributed by atoms with Crippen molar-refractivity contribution in [3.05, 3.63) is 63.9 Å². The molecule has 6 nitrogen and oxygen atoms in total. The molecule has 0 saturated heterocycles. The highest BCUT2D eigenvalue weighted by Gasteiger charge is 2.16. The monoisotopic (exact) mass is 379 g/mol. The molecule has 3 N–H and O–H groups in total. The number of aromatic nitrogens is 1. The summed E-state index contributed by atoms with van der Waals surface area (Å²) in [5.41, 5.74) is 1.77. The van der Waals surface area contributed by atoms with Crippen LogP contribution in [0.4, 0.5) is 0 Å². The maximum atomic E-state index is 12.3. The first-order chi connectivity index (χ1) is 11.8. The summed E-state index contributed by atoms with van der Waals surface area (Å²) in [6, 6.07) is 10.3. The quantitative estimate of drug-likeness (QED) is 0.645. The van der Waals surface area contributed by atoms with Gasteiger partial charge >= 0.3 is 0 Å². The Morgan fingerprint density at radius 3 is 2.48 bits per heavy atom. The van der Waals surface area contributed by atoms with E-state index in [0.29, 0.717) is 15.8 Å². The minimum Gasteiger partial charge on any atom is -0.352 e. The van der Waals surface area contributed by atoms with Gasteiger partial charge in [0.25, 0.3) is 5.91 Å². The van der Waals surface area contributed by atoms with Gasteiger partial charge < -0.3 is 10.3 Å². The van der Waals surface area contributed by atoms with E-state index in [4.69, 9.17) is 12.2 Å². The van der Waals surface area contributed by atoms with Crippen LogP contribution in [0.25, 0.3) is 0 Å². The van der Waals surface area contributed by atoms with Crippen molar-refractivity contribution in [2.45, 2.75) is 32.2 Å². The first-order valence-corrected chi connectivity index (χ1v) is 9.87. The standard InChI is InChI=1S/C17H21N3O3S2/c1-12(2)20-25(22,23)11-14-7-4-3-6-13(14)10-19-16(21)15-8-5-9-18-17(15)24/h3-9,12,20H,10-11H2,1-2H3,(H,18,24)(H,19,21). The van der Waals surface area contributed by atoms with Crippen LogP contribution in [0.1, 0.15) is 35.3 Å². The molecule has 134 valence electrons. The van der Waals surface area contributed by atoms with E-state index in [-0.39, 0.29) is 24.2 Å². The van der Waals surface area contributed by atoms with E-state index < -0.39 is 10.0 Å². The van der Waals surface area contributed by atoms with Crippen LogP contribution in [0.2, 0.25) is 0 Å². The summed E-state index contributed by atoms with van der Waals surface area (Å²) < 4.78 is 27.2. The third-order valence-electron chi connectivity index (χ3n) is 3.38. The molecule has 25 heavy (non-hydrogen) atoms. The number of pyridine rings is 1. The fraction of sp³-hybridized carbons (Fsp3) is 0.294.